The van der Waals surface area contributed by atoms with Gasteiger partial charge in [0.15, 0.2) is 10.8 Å². The van der Waals surface area contributed by atoms with Crippen molar-refractivity contribution in [1.82, 2.24) is 25.5 Å². The van der Waals surface area contributed by atoms with Crippen LogP contribution in [0, 0.1) is 17.8 Å². The maximum Gasteiger partial charge on any atom is 0.226 e. The van der Waals surface area contributed by atoms with Crippen molar-refractivity contribution in [3.05, 3.63) is 17.4 Å². The van der Waals surface area contributed by atoms with E-state index in [0.717, 1.165) is 22.5 Å². The molecule has 2 heterocycles. The van der Waals surface area contributed by atoms with Gasteiger partial charge in [-0.1, -0.05) is 6.42 Å². The largest absolute Gasteiger partial charge is 0.353 e. The quantitative estimate of drug-likeness (QED) is 0.881. The summed E-state index contributed by atoms with van der Waals surface area (Å²) in [6, 6.07) is 0.269. The molecule has 4 atom stereocenters. The molecule has 0 spiro atoms. The lowest BCUT2D eigenvalue weighted by molar-refractivity contribution is -0.121. The summed E-state index contributed by atoms with van der Waals surface area (Å²) in [6.07, 6.45) is 7.19. The molecule has 0 radical (unpaired) electrons. The first-order chi connectivity index (χ1) is 11.2. The summed E-state index contributed by atoms with van der Waals surface area (Å²) in [4.78, 5) is 20.8. The molecule has 2 saturated carbocycles. The molecular formula is C16H21N5OS. The third kappa shape index (κ3) is 3.02. The molecule has 6 nitrogen and oxygen atoms in total. The Kier molecular flexibility index (Phi) is 3.88. The number of hydrogen-bond acceptors (Lipinski definition) is 5. The topological polar surface area (TPSA) is 83.6 Å². The maximum atomic E-state index is 12.3. The second-order valence-corrected chi connectivity index (χ2v) is 7.71. The first-order valence-corrected chi connectivity index (χ1v) is 9.16. The van der Waals surface area contributed by atoms with Crippen LogP contribution >= 0.6 is 11.3 Å². The Labute approximate surface area is 139 Å². The number of aromatic nitrogens is 4. The lowest BCUT2D eigenvalue weighted by Crippen LogP contribution is -2.40. The molecule has 7 heteroatoms. The third-order valence-electron chi connectivity index (χ3n) is 5.33. The fourth-order valence-electron chi connectivity index (χ4n) is 4.29. The lowest BCUT2D eigenvalue weighted by atomic mass is 9.84. The molecule has 2 fully saturated rings. The lowest BCUT2D eigenvalue weighted by Gasteiger charge is -2.28. The molecule has 2 aliphatic rings. The third-order valence-corrected chi connectivity index (χ3v) is 6.23. The minimum absolute atomic E-state index is 0.0645. The van der Waals surface area contributed by atoms with Crippen LogP contribution in [0.1, 0.15) is 38.3 Å². The van der Waals surface area contributed by atoms with E-state index in [-0.39, 0.29) is 11.9 Å². The SMILES string of the molecule is C[C@@H](NC(=O)Cc1csc(-c2ncn[nH]2)n1)[C@@H]1C[C@H]2CC[C@H]1C2. The zero-order valence-corrected chi connectivity index (χ0v) is 14.0. The van der Waals surface area contributed by atoms with Crippen molar-refractivity contribution in [2.75, 3.05) is 0 Å². The average molecular weight is 331 g/mol. The van der Waals surface area contributed by atoms with E-state index in [1.165, 1.54) is 43.3 Å². The van der Waals surface area contributed by atoms with Crippen molar-refractivity contribution in [2.24, 2.45) is 17.8 Å². The van der Waals surface area contributed by atoms with Gasteiger partial charge in [-0.3, -0.25) is 9.89 Å². The highest BCUT2D eigenvalue weighted by atomic mass is 32.1. The molecule has 122 valence electrons. The zero-order chi connectivity index (χ0) is 15.8. The van der Waals surface area contributed by atoms with E-state index in [4.69, 9.17) is 0 Å². The van der Waals surface area contributed by atoms with Gasteiger partial charge in [-0.15, -0.1) is 11.3 Å². The van der Waals surface area contributed by atoms with Crippen LogP contribution in [0.3, 0.4) is 0 Å². The molecule has 2 bridgehead atoms. The van der Waals surface area contributed by atoms with Gasteiger partial charge in [0, 0.05) is 11.4 Å². The summed E-state index contributed by atoms with van der Waals surface area (Å²) in [6.45, 7) is 2.16. The first kappa shape index (κ1) is 14.8. The highest BCUT2D eigenvalue weighted by molar-refractivity contribution is 7.13. The summed E-state index contributed by atoms with van der Waals surface area (Å²) in [7, 11) is 0. The van der Waals surface area contributed by atoms with Crippen molar-refractivity contribution in [2.45, 2.75) is 45.1 Å². The van der Waals surface area contributed by atoms with Crippen LogP contribution in [-0.4, -0.2) is 32.1 Å². The number of rotatable bonds is 5. The molecule has 2 aromatic heterocycles. The summed E-state index contributed by atoms with van der Waals surface area (Å²) in [5.41, 5.74) is 0.791. The highest BCUT2D eigenvalue weighted by Gasteiger charge is 2.42. The van der Waals surface area contributed by atoms with E-state index in [0.29, 0.717) is 18.2 Å². The maximum absolute atomic E-state index is 12.3. The number of nitrogens with one attached hydrogen (secondary N) is 2. The molecule has 0 unspecified atom stereocenters. The predicted octanol–water partition coefficient (Wildman–Crippen LogP) is 2.41. The van der Waals surface area contributed by atoms with Crippen molar-refractivity contribution in [3.63, 3.8) is 0 Å². The van der Waals surface area contributed by atoms with Crippen molar-refractivity contribution in [3.8, 4) is 10.8 Å². The molecule has 0 aliphatic heterocycles. The van der Waals surface area contributed by atoms with Gasteiger partial charge in [-0.2, -0.15) is 5.10 Å². The number of amides is 1. The van der Waals surface area contributed by atoms with Crippen LogP contribution in [0.4, 0.5) is 0 Å². The second-order valence-electron chi connectivity index (χ2n) is 6.85. The molecule has 1 amide bonds. The molecule has 0 aromatic carbocycles. The number of thiazole rings is 1. The van der Waals surface area contributed by atoms with Crippen molar-refractivity contribution in [1.29, 1.82) is 0 Å². The molecule has 2 aromatic rings. The van der Waals surface area contributed by atoms with Gasteiger partial charge in [0.05, 0.1) is 12.1 Å². The van der Waals surface area contributed by atoms with Crippen molar-refractivity contribution >= 4 is 17.2 Å². The Morgan fingerprint density at radius 3 is 3.09 bits per heavy atom. The van der Waals surface area contributed by atoms with E-state index in [9.17, 15) is 4.79 Å². The number of carbonyl (C=O) groups excluding carboxylic acids is 1. The van der Waals surface area contributed by atoms with E-state index in [1.54, 1.807) is 0 Å². The Bertz CT molecular complexity index is 682. The van der Waals surface area contributed by atoms with Gasteiger partial charge in [-0.25, -0.2) is 9.97 Å². The van der Waals surface area contributed by atoms with Gasteiger partial charge in [-0.05, 0) is 43.9 Å². The van der Waals surface area contributed by atoms with E-state index >= 15 is 0 Å². The summed E-state index contributed by atoms with van der Waals surface area (Å²) in [5, 5.41) is 12.5. The average Bonchev–Trinajstić information content (AvgIpc) is 3.30. The Balaban J connectivity index is 1.33. The highest BCUT2D eigenvalue weighted by Crippen LogP contribution is 2.49. The van der Waals surface area contributed by atoms with Gasteiger partial charge in [0.2, 0.25) is 5.91 Å². The number of aromatic amines is 1. The van der Waals surface area contributed by atoms with E-state index in [1.807, 2.05) is 5.38 Å². The number of fused-ring (bicyclic) bond motifs is 2. The molecule has 4 rings (SSSR count). The van der Waals surface area contributed by atoms with Crippen LogP contribution < -0.4 is 5.32 Å². The van der Waals surface area contributed by atoms with E-state index in [2.05, 4.69) is 32.4 Å². The minimum atomic E-state index is 0.0645. The number of carbonyl (C=O) groups is 1. The van der Waals surface area contributed by atoms with Gasteiger partial charge in [0.25, 0.3) is 0 Å². The molecule has 23 heavy (non-hydrogen) atoms. The number of hydrogen-bond donors (Lipinski definition) is 2. The van der Waals surface area contributed by atoms with Crippen LogP contribution in [-0.2, 0) is 11.2 Å². The Morgan fingerprint density at radius 2 is 2.39 bits per heavy atom. The summed E-state index contributed by atoms with van der Waals surface area (Å²) >= 11 is 1.48. The second kappa shape index (κ2) is 6.03. The summed E-state index contributed by atoms with van der Waals surface area (Å²) in [5.74, 6) is 3.12. The Hall–Kier alpha value is -1.76. The van der Waals surface area contributed by atoms with Crippen LogP contribution in [0.25, 0.3) is 10.8 Å². The zero-order valence-electron chi connectivity index (χ0n) is 13.2. The number of H-pyrrole nitrogens is 1. The number of nitrogens with zero attached hydrogens (tertiary/aromatic N) is 3. The first-order valence-electron chi connectivity index (χ1n) is 8.28. The van der Waals surface area contributed by atoms with Crippen LogP contribution in [0.15, 0.2) is 11.7 Å². The minimum Gasteiger partial charge on any atom is -0.353 e. The smallest absolute Gasteiger partial charge is 0.226 e. The standard InChI is InChI=1S/C16H21N5OS/c1-9(13-5-10-2-3-11(13)4-10)19-14(22)6-12-7-23-16(20-12)15-17-8-18-21-15/h7-11,13H,2-6H2,1H3,(H,19,22)(H,17,18,21)/t9-,10+,11+,13+/m1/s1. The Morgan fingerprint density at radius 1 is 1.48 bits per heavy atom. The van der Waals surface area contributed by atoms with E-state index < -0.39 is 0 Å². The molecule has 0 saturated heterocycles. The molecule has 2 N–H and O–H groups in total. The monoisotopic (exact) mass is 331 g/mol. The van der Waals surface area contributed by atoms with Crippen molar-refractivity contribution < 1.29 is 4.79 Å². The van der Waals surface area contributed by atoms with Gasteiger partial charge < -0.3 is 5.32 Å². The van der Waals surface area contributed by atoms with Crippen LogP contribution in [0.2, 0.25) is 0 Å². The predicted molar refractivity (Wildman–Crippen MR) is 87.7 cm³/mol. The molecule has 2 aliphatic carbocycles. The van der Waals surface area contributed by atoms with Gasteiger partial charge in [0.1, 0.15) is 6.33 Å². The molecular weight excluding hydrogens is 310 g/mol. The summed E-state index contributed by atoms with van der Waals surface area (Å²) < 4.78 is 0. The van der Waals surface area contributed by atoms with Gasteiger partial charge >= 0.3 is 0 Å². The fourth-order valence-corrected chi connectivity index (χ4v) is 5.05. The normalized spacial score (nSPS) is 27.3. The van der Waals surface area contributed by atoms with Crippen LogP contribution in [0.5, 0.6) is 0 Å². The fraction of sp³-hybridized carbons (Fsp3) is 0.625.